The van der Waals surface area contributed by atoms with Crippen LogP contribution in [0, 0.1) is 15.9 Å². The molecule has 0 heterocycles. The van der Waals surface area contributed by atoms with Gasteiger partial charge < -0.3 is 5.32 Å². The second kappa shape index (κ2) is 8.07. The first kappa shape index (κ1) is 17.4. The monoisotopic (exact) mass is 398 g/mol. The maximum Gasteiger partial charge on any atom is 0.271 e. The van der Waals surface area contributed by atoms with Gasteiger partial charge in [-0.15, -0.1) is 11.8 Å². The smallest absolute Gasteiger partial charge is 0.271 e. The zero-order valence-corrected chi connectivity index (χ0v) is 14.2. The predicted molar refractivity (Wildman–Crippen MR) is 92.0 cm³/mol. The molecular weight excluding hydrogens is 387 g/mol. The van der Waals surface area contributed by atoms with Crippen LogP contribution in [0.1, 0.15) is 5.56 Å². The zero-order valence-electron chi connectivity index (χ0n) is 11.8. The van der Waals surface area contributed by atoms with E-state index in [4.69, 9.17) is 0 Å². The van der Waals surface area contributed by atoms with E-state index >= 15 is 0 Å². The summed E-state index contributed by atoms with van der Waals surface area (Å²) in [5.74, 6) is -0.140. The molecule has 0 aliphatic heterocycles. The minimum atomic E-state index is -0.527. The van der Waals surface area contributed by atoms with Crippen LogP contribution in [0.25, 0.3) is 0 Å². The van der Waals surface area contributed by atoms with Crippen molar-refractivity contribution in [2.45, 2.75) is 5.75 Å². The Morgan fingerprint density at radius 1 is 1.30 bits per heavy atom. The Morgan fingerprint density at radius 2 is 2.09 bits per heavy atom. The van der Waals surface area contributed by atoms with Crippen molar-refractivity contribution in [2.24, 2.45) is 0 Å². The van der Waals surface area contributed by atoms with Gasteiger partial charge in [-0.1, -0.05) is 28.1 Å². The van der Waals surface area contributed by atoms with Crippen LogP contribution in [0.3, 0.4) is 0 Å². The number of anilines is 1. The normalized spacial score (nSPS) is 10.3. The number of hydrogen-bond donors (Lipinski definition) is 1. The number of nitrogens with zero attached hydrogens (tertiary/aromatic N) is 1. The Morgan fingerprint density at radius 3 is 2.78 bits per heavy atom. The van der Waals surface area contributed by atoms with Crippen LogP contribution in [0.2, 0.25) is 0 Å². The number of rotatable bonds is 6. The average Bonchev–Trinajstić information content (AvgIpc) is 2.49. The molecule has 0 spiro atoms. The van der Waals surface area contributed by atoms with Crippen molar-refractivity contribution >= 4 is 45.0 Å². The van der Waals surface area contributed by atoms with E-state index in [9.17, 15) is 19.3 Å². The lowest BCUT2D eigenvalue weighted by atomic mass is 10.2. The molecule has 2 aromatic rings. The Labute approximate surface area is 144 Å². The van der Waals surface area contributed by atoms with Gasteiger partial charge in [-0.25, -0.2) is 4.39 Å². The molecule has 0 atom stereocenters. The Bertz CT molecular complexity index is 742. The molecule has 23 heavy (non-hydrogen) atoms. The summed E-state index contributed by atoms with van der Waals surface area (Å²) in [6, 6.07) is 10.5. The minimum absolute atomic E-state index is 0.0904. The van der Waals surface area contributed by atoms with Crippen molar-refractivity contribution in [1.82, 2.24) is 0 Å². The van der Waals surface area contributed by atoms with Crippen molar-refractivity contribution in [1.29, 1.82) is 0 Å². The standard InChI is InChI=1S/C15H12BrFN2O3S/c16-11-5-4-10(14(17)6-11)8-23-9-15(20)18-12-2-1-3-13(7-12)19(21)22/h1-7H,8-9H2,(H,18,20). The van der Waals surface area contributed by atoms with Crippen molar-refractivity contribution in [3.8, 4) is 0 Å². The highest BCUT2D eigenvalue weighted by molar-refractivity contribution is 9.10. The summed E-state index contributed by atoms with van der Waals surface area (Å²) in [4.78, 5) is 22.0. The molecule has 0 aliphatic carbocycles. The number of non-ortho nitro benzene ring substituents is 1. The molecule has 1 amide bonds. The first-order valence-corrected chi connectivity index (χ1v) is 8.46. The molecule has 0 bridgehead atoms. The SMILES string of the molecule is O=C(CSCc1ccc(Br)cc1F)Nc1cccc([N+](=O)[O-])c1. The van der Waals surface area contributed by atoms with E-state index in [1.807, 2.05) is 0 Å². The van der Waals surface area contributed by atoms with E-state index in [1.165, 1.54) is 36.0 Å². The molecule has 120 valence electrons. The molecule has 0 unspecified atom stereocenters. The highest BCUT2D eigenvalue weighted by Crippen LogP contribution is 2.21. The number of nitro benzene ring substituents is 1. The number of carbonyl (C=O) groups excluding carboxylic acids is 1. The lowest BCUT2D eigenvalue weighted by Gasteiger charge is -2.06. The summed E-state index contributed by atoms with van der Waals surface area (Å²) >= 11 is 4.44. The third kappa shape index (κ3) is 5.33. The summed E-state index contributed by atoms with van der Waals surface area (Å²) in [6.07, 6.45) is 0. The fourth-order valence-corrected chi connectivity index (χ4v) is 2.93. The molecule has 5 nitrogen and oxygen atoms in total. The van der Waals surface area contributed by atoms with Gasteiger partial charge in [0.15, 0.2) is 0 Å². The van der Waals surface area contributed by atoms with Gasteiger partial charge in [-0.3, -0.25) is 14.9 Å². The number of hydrogen-bond acceptors (Lipinski definition) is 4. The lowest BCUT2D eigenvalue weighted by molar-refractivity contribution is -0.384. The van der Waals surface area contributed by atoms with Gasteiger partial charge in [0.05, 0.1) is 10.7 Å². The van der Waals surface area contributed by atoms with Gasteiger partial charge in [0, 0.05) is 28.0 Å². The third-order valence-corrected chi connectivity index (χ3v) is 4.32. The Hall–Kier alpha value is -1.93. The first-order valence-electron chi connectivity index (χ1n) is 6.51. The number of carbonyl (C=O) groups is 1. The number of nitrogens with one attached hydrogen (secondary N) is 1. The Balaban J connectivity index is 1.85. The number of nitro groups is 1. The van der Waals surface area contributed by atoms with Gasteiger partial charge in [-0.05, 0) is 23.8 Å². The van der Waals surface area contributed by atoms with Crippen LogP contribution in [-0.2, 0) is 10.5 Å². The summed E-state index contributed by atoms with van der Waals surface area (Å²) < 4.78 is 14.3. The van der Waals surface area contributed by atoms with E-state index in [2.05, 4.69) is 21.2 Å². The van der Waals surface area contributed by atoms with Crippen molar-refractivity contribution in [3.63, 3.8) is 0 Å². The second-order valence-corrected chi connectivity index (χ2v) is 6.49. The van der Waals surface area contributed by atoms with Crippen molar-refractivity contribution in [3.05, 3.63) is 68.4 Å². The Kier molecular flexibility index (Phi) is 6.12. The van der Waals surface area contributed by atoms with E-state index in [1.54, 1.807) is 18.2 Å². The molecule has 8 heteroatoms. The highest BCUT2D eigenvalue weighted by Gasteiger charge is 2.09. The molecule has 0 fully saturated rings. The second-order valence-electron chi connectivity index (χ2n) is 4.58. The average molecular weight is 399 g/mol. The third-order valence-electron chi connectivity index (χ3n) is 2.85. The molecule has 1 N–H and O–H groups in total. The maximum atomic E-state index is 13.6. The summed E-state index contributed by atoms with van der Waals surface area (Å²) in [6.45, 7) is 0. The predicted octanol–water partition coefficient (Wildman–Crippen LogP) is 4.37. The molecule has 0 aromatic heterocycles. The van der Waals surface area contributed by atoms with Crippen LogP contribution >= 0.6 is 27.7 Å². The first-order chi connectivity index (χ1) is 11.0. The number of thioether (sulfide) groups is 1. The van der Waals surface area contributed by atoms with Crippen molar-refractivity contribution in [2.75, 3.05) is 11.1 Å². The van der Waals surface area contributed by atoms with Crippen LogP contribution < -0.4 is 5.32 Å². The van der Waals surface area contributed by atoms with E-state index in [0.29, 0.717) is 21.5 Å². The largest absolute Gasteiger partial charge is 0.325 e. The van der Waals surface area contributed by atoms with Gasteiger partial charge in [0.25, 0.3) is 5.69 Å². The number of halogens is 2. The van der Waals surface area contributed by atoms with E-state index in [-0.39, 0.29) is 23.2 Å². The van der Waals surface area contributed by atoms with Crippen LogP contribution in [0.15, 0.2) is 46.9 Å². The molecular formula is C15H12BrFN2O3S. The fraction of sp³-hybridized carbons (Fsp3) is 0.133. The number of benzene rings is 2. The van der Waals surface area contributed by atoms with Crippen LogP contribution in [0.5, 0.6) is 0 Å². The number of amides is 1. The quantitative estimate of drug-likeness (QED) is 0.579. The minimum Gasteiger partial charge on any atom is -0.325 e. The molecule has 0 saturated heterocycles. The summed E-state index contributed by atoms with van der Waals surface area (Å²) in [5, 5.41) is 13.3. The maximum absolute atomic E-state index is 13.6. The highest BCUT2D eigenvalue weighted by atomic mass is 79.9. The van der Waals surface area contributed by atoms with Crippen molar-refractivity contribution < 1.29 is 14.1 Å². The fourth-order valence-electron chi connectivity index (χ4n) is 1.79. The summed E-state index contributed by atoms with van der Waals surface area (Å²) in [7, 11) is 0. The summed E-state index contributed by atoms with van der Waals surface area (Å²) in [5.41, 5.74) is 0.786. The van der Waals surface area contributed by atoms with E-state index in [0.717, 1.165) is 0 Å². The molecule has 0 saturated carbocycles. The molecule has 0 aliphatic rings. The van der Waals surface area contributed by atoms with E-state index < -0.39 is 4.92 Å². The lowest BCUT2D eigenvalue weighted by Crippen LogP contribution is -2.14. The zero-order chi connectivity index (χ0) is 16.8. The van der Waals surface area contributed by atoms with Gasteiger partial charge in [0.2, 0.25) is 5.91 Å². The topological polar surface area (TPSA) is 72.2 Å². The molecule has 2 aromatic carbocycles. The van der Waals surface area contributed by atoms with Gasteiger partial charge >= 0.3 is 0 Å². The van der Waals surface area contributed by atoms with Gasteiger partial charge in [0.1, 0.15) is 5.82 Å². The molecule has 2 rings (SSSR count). The van der Waals surface area contributed by atoms with Crippen LogP contribution in [-0.4, -0.2) is 16.6 Å². The molecule has 0 radical (unpaired) electrons. The van der Waals surface area contributed by atoms with Gasteiger partial charge in [-0.2, -0.15) is 0 Å². The van der Waals surface area contributed by atoms with Crippen LogP contribution in [0.4, 0.5) is 15.8 Å².